The number of nitrogens with one attached hydrogen (secondary N) is 2. The Kier molecular flexibility index (Phi) is 7.29. The number of benzene rings is 4. The maximum absolute atomic E-state index is 14.3. The molecule has 0 spiro atoms. The van der Waals surface area contributed by atoms with E-state index in [0.717, 1.165) is 5.56 Å². The van der Waals surface area contributed by atoms with Gasteiger partial charge in [-0.1, -0.05) is 60.1 Å². The Balaban J connectivity index is 1.50. The fraction of sp³-hybridized carbons (Fsp3) is 0.100. The number of H-pyrrole nitrogens is 1. The number of nitrogens with zero attached hydrogens (tertiary/aromatic N) is 1. The largest absolute Gasteiger partial charge is 0.494 e. The first-order chi connectivity index (χ1) is 18.9. The van der Waals surface area contributed by atoms with Gasteiger partial charge in [-0.05, 0) is 35.7 Å². The number of carbonyl (C=O) groups is 2. The summed E-state index contributed by atoms with van der Waals surface area (Å²) >= 11 is 6.60. The molecule has 196 valence electrons. The van der Waals surface area contributed by atoms with Gasteiger partial charge in [0.25, 0.3) is 5.91 Å². The van der Waals surface area contributed by atoms with Crippen LogP contribution in [0.4, 0.5) is 4.39 Å². The van der Waals surface area contributed by atoms with E-state index < -0.39 is 11.8 Å². The van der Waals surface area contributed by atoms with Gasteiger partial charge in [-0.2, -0.15) is 0 Å². The smallest absolute Gasteiger partial charge is 0.336 e. The summed E-state index contributed by atoms with van der Waals surface area (Å²) in [7, 11) is 1.37. The van der Waals surface area contributed by atoms with E-state index in [9.17, 15) is 19.1 Å². The number of aromatic carboxylic acids is 1. The van der Waals surface area contributed by atoms with Crippen molar-refractivity contribution in [1.82, 2.24) is 15.3 Å². The van der Waals surface area contributed by atoms with Crippen LogP contribution in [0.1, 0.15) is 26.3 Å². The van der Waals surface area contributed by atoms with Crippen LogP contribution in [-0.4, -0.2) is 40.6 Å². The summed E-state index contributed by atoms with van der Waals surface area (Å²) in [5, 5.41) is 13.2. The molecular formula is C30H23ClFN3O4. The maximum Gasteiger partial charge on any atom is 0.336 e. The monoisotopic (exact) mass is 543 g/mol. The van der Waals surface area contributed by atoms with Crippen molar-refractivity contribution < 1.29 is 23.8 Å². The predicted molar refractivity (Wildman–Crippen MR) is 148 cm³/mol. The Hall–Kier alpha value is -4.69. The SMILES string of the molecule is COc1cc2[nH]c(-c3cccc(Cl)c3-c3ccc(C(=O)NCCc4ccccc4)cc3C(=O)O)nc2cc1F. The normalized spacial score (nSPS) is 10.9. The number of carbonyl (C=O) groups excluding carboxylic acids is 1. The van der Waals surface area contributed by atoms with Crippen LogP contribution in [0.5, 0.6) is 5.75 Å². The van der Waals surface area contributed by atoms with E-state index in [-0.39, 0.29) is 22.8 Å². The molecular weight excluding hydrogens is 521 g/mol. The minimum atomic E-state index is -1.22. The zero-order valence-electron chi connectivity index (χ0n) is 20.8. The lowest BCUT2D eigenvalue weighted by Crippen LogP contribution is -2.26. The number of hydrogen-bond donors (Lipinski definition) is 3. The van der Waals surface area contributed by atoms with Crippen LogP contribution < -0.4 is 10.1 Å². The van der Waals surface area contributed by atoms with Crippen molar-refractivity contribution in [2.24, 2.45) is 0 Å². The average Bonchev–Trinajstić information content (AvgIpc) is 3.35. The number of aromatic nitrogens is 2. The van der Waals surface area contributed by atoms with Gasteiger partial charge in [0.2, 0.25) is 0 Å². The molecule has 0 aliphatic carbocycles. The van der Waals surface area contributed by atoms with Crippen molar-refractivity contribution in [3.8, 4) is 28.3 Å². The number of carboxylic acid groups (broad SMARTS) is 1. The number of halogens is 2. The summed E-state index contributed by atoms with van der Waals surface area (Å²) in [6, 6.07) is 22.0. The Bertz CT molecular complexity index is 1700. The average molecular weight is 544 g/mol. The molecule has 1 aromatic heterocycles. The van der Waals surface area contributed by atoms with Gasteiger partial charge in [0.1, 0.15) is 5.82 Å². The molecule has 4 aromatic carbocycles. The standard InChI is InChI=1S/C30H23ClFN3O4/c1-39-26-16-25-24(15-23(26)32)34-28(35-25)20-8-5-9-22(31)27(20)19-11-10-18(14-21(19)30(37)38)29(36)33-13-12-17-6-3-2-4-7-17/h2-11,14-16H,12-13H2,1H3,(H,33,36)(H,34,35)(H,37,38). The number of aromatic amines is 1. The van der Waals surface area contributed by atoms with Crippen LogP contribution in [0.25, 0.3) is 33.5 Å². The Labute approximate surface area is 228 Å². The molecule has 0 atom stereocenters. The van der Waals surface area contributed by atoms with Crippen molar-refractivity contribution in [1.29, 1.82) is 0 Å². The van der Waals surface area contributed by atoms with Crippen molar-refractivity contribution >= 4 is 34.5 Å². The highest BCUT2D eigenvalue weighted by Gasteiger charge is 2.22. The molecule has 39 heavy (non-hydrogen) atoms. The number of ether oxygens (including phenoxy) is 1. The molecule has 5 rings (SSSR count). The van der Waals surface area contributed by atoms with Crippen LogP contribution in [-0.2, 0) is 6.42 Å². The third-order valence-corrected chi connectivity index (χ3v) is 6.66. The molecule has 0 saturated carbocycles. The second kappa shape index (κ2) is 11.0. The summed E-state index contributed by atoms with van der Waals surface area (Å²) in [6.07, 6.45) is 0.646. The van der Waals surface area contributed by atoms with E-state index in [1.165, 1.54) is 25.3 Å². The minimum Gasteiger partial charge on any atom is -0.494 e. The topological polar surface area (TPSA) is 104 Å². The molecule has 0 aliphatic rings. The first-order valence-electron chi connectivity index (χ1n) is 12.1. The number of methoxy groups -OCH3 is 1. The Morgan fingerprint density at radius 2 is 1.82 bits per heavy atom. The second-order valence-corrected chi connectivity index (χ2v) is 9.22. The third-order valence-electron chi connectivity index (χ3n) is 6.35. The van der Waals surface area contributed by atoms with E-state index in [4.69, 9.17) is 16.3 Å². The molecule has 7 nitrogen and oxygen atoms in total. The van der Waals surface area contributed by atoms with E-state index >= 15 is 0 Å². The van der Waals surface area contributed by atoms with Gasteiger partial charge in [-0.25, -0.2) is 14.2 Å². The Morgan fingerprint density at radius 1 is 1.03 bits per heavy atom. The van der Waals surface area contributed by atoms with Crippen molar-refractivity contribution in [3.05, 3.63) is 106 Å². The Morgan fingerprint density at radius 3 is 2.56 bits per heavy atom. The van der Waals surface area contributed by atoms with Crippen molar-refractivity contribution in [2.45, 2.75) is 6.42 Å². The van der Waals surface area contributed by atoms with E-state index in [0.29, 0.717) is 51.5 Å². The molecule has 9 heteroatoms. The summed E-state index contributed by atoms with van der Waals surface area (Å²) in [4.78, 5) is 32.8. The van der Waals surface area contributed by atoms with Crippen molar-refractivity contribution in [3.63, 3.8) is 0 Å². The quantitative estimate of drug-likeness (QED) is 0.211. The molecule has 0 fully saturated rings. The summed E-state index contributed by atoms with van der Waals surface area (Å²) in [5.74, 6) is -1.72. The zero-order valence-corrected chi connectivity index (χ0v) is 21.6. The third kappa shape index (κ3) is 5.32. The second-order valence-electron chi connectivity index (χ2n) is 8.81. The zero-order chi connectivity index (χ0) is 27.5. The number of fused-ring (bicyclic) bond motifs is 1. The van der Waals surface area contributed by atoms with Gasteiger partial charge in [-0.15, -0.1) is 0 Å². The lowest BCUT2D eigenvalue weighted by molar-refractivity contribution is 0.0697. The number of amides is 1. The molecule has 0 unspecified atom stereocenters. The molecule has 0 saturated heterocycles. The van der Waals surface area contributed by atoms with Crippen LogP contribution in [0.2, 0.25) is 5.02 Å². The number of imidazole rings is 1. The van der Waals surface area contributed by atoms with Gasteiger partial charge in [0.15, 0.2) is 11.6 Å². The predicted octanol–water partition coefficient (Wildman–Crippen LogP) is 6.37. The molecule has 1 heterocycles. The molecule has 1 amide bonds. The van der Waals surface area contributed by atoms with Gasteiger partial charge in [-0.3, -0.25) is 4.79 Å². The fourth-order valence-corrected chi connectivity index (χ4v) is 4.71. The lowest BCUT2D eigenvalue weighted by Gasteiger charge is -2.14. The summed E-state index contributed by atoms with van der Waals surface area (Å²) < 4.78 is 19.3. The maximum atomic E-state index is 14.3. The van der Waals surface area contributed by atoms with Gasteiger partial charge < -0.3 is 20.1 Å². The van der Waals surface area contributed by atoms with Crippen LogP contribution in [0, 0.1) is 5.82 Å². The lowest BCUT2D eigenvalue weighted by atomic mass is 9.93. The molecule has 0 bridgehead atoms. The van der Waals surface area contributed by atoms with Crippen molar-refractivity contribution in [2.75, 3.05) is 13.7 Å². The summed E-state index contributed by atoms with van der Waals surface area (Å²) in [6.45, 7) is 0.402. The highest BCUT2D eigenvalue weighted by molar-refractivity contribution is 6.34. The highest BCUT2D eigenvalue weighted by atomic mass is 35.5. The molecule has 3 N–H and O–H groups in total. The number of hydrogen-bond acceptors (Lipinski definition) is 4. The molecule has 0 radical (unpaired) electrons. The first kappa shape index (κ1) is 25.9. The van der Waals surface area contributed by atoms with E-state index in [1.807, 2.05) is 30.3 Å². The van der Waals surface area contributed by atoms with Gasteiger partial charge in [0.05, 0.1) is 23.7 Å². The van der Waals surface area contributed by atoms with Gasteiger partial charge >= 0.3 is 5.97 Å². The first-order valence-corrected chi connectivity index (χ1v) is 12.5. The van der Waals surface area contributed by atoms with Gasteiger partial charge in [0, 0.05) is 40.4 Å². The minimum absolute atomic E-state index is 0.0646. The summed E-state index contributed by atoms with van der Waals surface area (Å²) in [5.41, 5.74) is 3.35. The van der Waals surface area contributed by atoms with E-state index in [1.54, 1.807) is 30.3 Å². The van der Waals surface area contributed by atoms with Crippen LogP contribution >= 0.6 is 11.6 Å². The van der Waals surface area contributed by atoms with Crippen LogP contribution in [0.3, 0.4) is 0 Å². The molecule has 5 aromatic rings. The fourth-order valence-electron chi connectivity index (χ4n) is 4.44. The highest BCUT2D eigenvalue weighted by Crippen LogP contribution is 2.39. The number of carboxylic acids is 1. The molecule has 0 aliphatic heterocycles. The number of rotatable bonds is 8. The van der Waals surface area contributed by atoms with Crippen LogP contribution in [0.15, 0.2) is 78.9 Å². The van der Waals surface area contributed by atoms with E-state index in [2.05, 4.69) is 15.3 Å².